The standard InChI is InChI=1S/C14H23N3/c1-11-4-3-8-17(9-6-11)14-10-13(12(2)15)5-7-16-14/h5,7,10-12H,3-4,6,8-9,15H2,1-2H3/t11?,12-/m0/s1. The third-order valence-electron chi connectivity index (χ3n) is 3.64. The Bertz CT molecular complexity index is 362. The molecule has 0 radical (unpaired) electrons. The molecular weight excluding hydrogens is 210 g/mol. The molecule has 2 atom stereocenters. The molecule has 0 spiro atoms. The Morgan fingerprint density at radius 2 is 2.24 bits per heavy atom. The summed E-state index contributed by atoms with van der Waals surface area (Å²) < 4.78 is 0. The minimum atomic E-state index is 0.0858. The van der Waals surface area contributed by atoms with Gasteiger partial charge in [-0.25, -0.2) is 4.98 Å². The third-order valence-corrected chi connectivity index (χ3v) is 3.64. The smallest absolute Gasteiger partial charge is 0.128 e. The lowest BCUT2D eigenvalue weighted by Crippen LogP contribution is -2.25. The molecule has 0 aliphatic carbocycles. The SMILES string of the molecule is CC1CCCN(c2cc([C@H](C)N)ccn2)CC1. The molecule has 0 amide bonds. The summed E-state index contributed by atoms with van der Waals surface area (Å²) in [6, 6.07) is 4.23. The first kappa shape index (κ1) is 12.4. The van der Waals surface area contributed by atoms with E-state index >= 15 is 0 Å². The molecule has 1 aliphatic rings. The van der Waals surface area contributed by atoms with Crippen LogP contribution in [-0.4, -0.2) is 18.1 Å². The first-order valence-electron chi connectivity index (χ1n) is 6.63. The Kier molecular flexibility index (Phi) is 4.00. The van der Waals surface area contributed by atoms with Crippen LogP contribution in [0.4, 0.5) is 5.82 Å². The van der Waals surface area contributed by atoms with Crippen LogP contribution in [0.15, 0.2) is 18.3 Å². The molecule has 3 heteroatoms. The lowest BCUT2D eigenvalue weighted by atomic mass is 10.0. The highest BCUT2D eigenvalue weighted by atomic mass is 15.2. The number of aromatic nitrogens is 1. The van der Waals surface area contributed by atoms with Gasteiger partial charge in [0.1, 0.15) is 5.82 Å². The molecule has 2 N–H and O–H groups in total. The quantitative estimate of drug-likeness (QED) is 0.854. The second-order valence-corrected chi connectivity index (χ2v) is 5.26. The highest BCUT2D eigenvalue weighted by Crippen LogP contribution is 2.22. The Labute approximate surface area is 104 Å². The highest BCUT2D eigenvalue weighted by Gasteiger charge is 2.15. The van der Waals surface area contributed by atoms with Crippen LogP contribution in [0.1, 0.15) is 44.7 Å². The summed E-state index contributed by atoms with van der Waals surface area (Å²) in [5.41, 5.74) is 7.09. The van der Waals surface area contributed by atoms with E-state index in [1.807, 2.05) is 19.2 Å². The van der Waals surface area contributed by atoms with Crippen molar-refractivity contribution < 1.29 is 0 Å². The van der Waals surface area contributed by atoms with Gasteiger partial charge in [-0.05, 0) is 49.8 Å². The van der Waals surface area contributed by atoms with E-state index in [9.17, 15) is 0 Å². The first-order valence-corrected chi connectivity index (χ1v) is 6.63. The van der Waals surface area contributed by atoms with Crippen LogP contribution in [0.3, 0.4) is 0 Å². The fourth-order valence-electron chi connectivity index (χ4n) is 2.38. The van der Waals surface area contributed by atoms with E-state index < -0.39 is 0 Å². The predicted octanol–water partition coefficient (Wildman–Crippen LogP) is 2.73. The fourth-order valence-corrected chi connectivity index (χ4v) is 2.38. The number of hydrogen-bond acceptors (Lipinski definition) is 3. The maximum atomic E-state index is 5.92. The van der Waals surface area contributed by atoms with Crippen LogP contribution >= 0.6 is 0 Å². The van der Waals surface area contributed by atoms with Crippen molar-refractivity contribution >= 4 is 5.82 Å². The van der Waals surface area contributed by atoms with Gasteiger partial charge in [0.25, 0.3) is 0 Å². The molecule has 1 aromatic heterocycles. The maximum absolute atomic E-state index is 5.92. The largest absolute Gasteiger partial charge is 0.357 e. The van der Waals surface area contributed by atoms with Crippen molar-refractivity contribution in [1.82, 2.24) is 4.98 Å². The molecule has 0 bridgehead atoms. The number of nitrogens with zero attached hydrogens (tertiary/aromatic N) is 2. The molecule has 1 aromatic rings. The summed E-state index contributed by atoms with van der Waals surface area (Å²) >= 11 is 0. The van der Waals surface area contributed by atoms with Gasteiger partial charge in [-0.2, -0.15) is 0 Å². The molecule has 17 heavy (non-hydrogen) atoms. The number of rotatable bonds is 2. The molecule has 1 fully saturated rings. The Balaban J connectivity index is 2.13. The van der Waals surface area contributed by atoms with Gasteiger partial charge in [0.2, 0.25) is 0 Å². The highest BCUT2D eigenvalue weighted by molar-refractivity contribution is 5.41. The molecule has 94 valence electrons. The minimum Gasteiger partial charge on any atom is -0.357 e. The van der Waals surface area contributed by atoms with E-state index in [1.54, 1.807) is 0 Å². The van der Waals surface area contributed by atoms with Gasteiger partial charge in [-0.3, -0.25) is 0 Å². The third kappa shape index (κ3) is 3.19. The molecule has 0 aromatic carbocycles. The summed E-state index contributed by atoms with van der Waals surface area (Å²) in [5.74, 6) is 1.94. The first-order chi connectivity index (χ1) is 8.16. The fraction of sp³-hybridized carbons (Fsp3) is 0.643. The van der Waals surface area contributed by atoms with Crippen LogP contribution in [0.2, 0.25) is 0 Å². The van der Waals surface area contributed by atoms with Crippen LogP contribution < -0.4 is 10.6 Å². The zero-order valence-corrected chi connectivity index (χ0v) is 10.9. The van der Waals surface area contributed by atoms with Gasteiger partial charge >= 0.3 is 0 Å². The molecule has 0 saturated carbocycles. The zero-order valence-electron chi connectivity index (χ0n) is 10.9. The maximum Gasteiger partial charge on any atom is 0.128 e. The van der Waals surface area contributed by atoms with Crippen molar-refractivity contribution in [3.63, 3.8) is 0 Å². The van der Waals surface area contributed by atoms with E-state index in [0.29, 0.717) is 0 Å². The summed E-state index contributed by atoms with van der Waals surface area (Å²) in [6.45, 7) is 6.61. The second kappa shape index (κ2) is 5.50. The summed E-state index contributed by atoms with van der Waals surface area (Å²) in [6.07, 6.45) is 5.75. The number of anilines is 1. The van der Waals surface area contributed by atoms with Gasteiger partial charge in [-0.15, -0.1) is 0 Å². The zero-order chi connectivity index (χ0) is 12.3. The molecule has 2 rings (SSSR count). The van der Waals surface area contributed by atoms with Crippen molar-refractivity contribution in [2.45, 2.75) is 39.2 Å². The molecule has 3 nitrogen and oxygen atoms in total. The van der Waals surface area contributed by atoms with Crippen LogP contribution in [0.5, 0.6) is 0 Å². The summed E-state index contributed by atoms with van der Waals surface area (Å²) in [5, 5.41) is 0. The van der Waals surface area contributed by atoms with Crippen molar-refractivity contribution in [2.24, 2.45) is 11.7 Å². The monoisotopic (exact) mass is 233 g/mol. The van der Waals surface area contributed by atoms with Gasteiger partial charge < -0.3 is 10.6 Å². The number of nitrogens with two attached hydrogens (primary N) is 1. The van der Waals surface area contributed by atoms with Crippen molar-refractivity contribution in [3.8, 4) is 0 Å². The van der Waals surface area contributed by atoms with Crippen LogP contribution in [0, 0.1) is 5.92 Å². The van der Waals surface area contributed by atoms with E-state index in [-0.39, 0.29) is 6.04 Å². The average molecular weight is 233 g/mol. The minimum absolute atomic E-state index is 0.0858. The molecular formula is C14H23N3. The van der Waals surface area contributed by atoms with Crippen molar-refractivity contribution in [2.75, 3.05) is 18.0 Å². The Morgan fingerprint density at radius 3 is 3.00 bits per heavy atom. The number of hydrogen-bond donors (Lipinski definition) is 1. The molecule has 1 saturated heterocycles. The van der Waals surface area contributed by atoms with Crippen LogP contribution in [0.25, 0.3) is 0 Å². The molecule has 1 aliphatic heterocycles. The van der Waals surface area contributed by atoms with Gasteiger partial charge in [0.15, 0.2) is 0 Å². The normalized spacial score (nSPS) is 23.2. The van der Waals surface area contributed by atoms with E-state index in [1.165, 1.54) is 24.8 Å². The Morgan fingerprint density at radius 1 is 1.41 bits per heavy atom. The lowest BCUT2D eigenvalue weighted by Gasteiger charge is -2.22. The Hall–Kier alpha value is -1.09. The molecule has 2 heterocycles. The van der Waals surface area contributed by atoms with Gasteiger partial charge in [0, 0.05) is 25.3 Å². The van der Waals surface area contributed by atoms with E-state index in [2.05, 4.69) is 22.9 Å². The summed E-state index contributed by atoms with van der Waals surface area (Å²) in [7, 11) is 0. The predicted molar refractivity (Wildman–Crippen MR) is 72.1 cm³/mol. The second-order valence-electron chi connectivity index (χ2n) is 5.26. The van der Waals surface area contributed by atoms with Crippen molar-refractivity contribution in [3.05, 3.63) is 23.9 Å². The van der Waals surface area contributed by atoms with Gasteiger partial charge in [0.05, 0.1) is 0 Å². The number of pyridine rings is 1. The van der Waals surface area contributed by atoms with Gasteiger partial charge in [-0.1, -0.05) is 6.92 Å². The summed E-state index contributed by atoms with van der Waals surface area (Å²) in [4.78, 5) is 6.88. The van der Waals surface area contributed by atoms with Crippen LogP contribution in [-0.2, 0) is 0 Å². The van der Waals surface area contributed by atoms with Crippen molar-refractivity contribution in [1.29, 1.82) is 0 Å². The lowest BCUT2D eigenvalue weighted by molar-refractivity contribution is 0.521. The topological polar surface area (TPSA) is 42.1 Å². The van der Waals surface area contributed by atoms with E-state index in [0.717, 1.165) is 24.8 Å². The van der Waals surface area contributed by atoms with E-state index in [4.69, 9.17) is 5.73 Å². The average Bonchev–Trinajstić information content (AvgIpc) is 2.54. The molecule has 1 unspecified atom stereocenters.